The molecule has 0 aliphatic carbocycles. The summed E-state index contributed by atoms with van der Waals surface area (Å²) in [4.78, 5) is 11.0. The minimum Gasteiger partial charge on any atom is -0.273 e. The zero-order valence-electron chi connectivity index (χ0n) is 10.7. The highest BCUT2D eigenvalue weighted by Gasteiger charge is 2.10. The molecule has 0 fully saturated rings. The fourth-order valence-corrected chi connectivity index (χ4v) is 1.98. The molecule has 4 heteroatoms. The number of rotatable bonds is 2. The number of amides is 1. The third kappa shape index (κ3) is 3.84. The molecule has 1 aliphatic heterocycles. The molecule has 0 radical (unpaired) electrons. The van der Waals surface area contributed by atoms with E-state index in [1.54, 1.807) is 0 Å². The summed E-state index contributed by atoms with van der Waals surface area (Å²) in [5.41, 5.74) is 4.35. The van der Waals surface area contributed by atoms with Crippen LogP contribution in [0.5, 0.6) is 0 Å². The minimum atomic E-state index is -0.0460. The minimum absolute atomic E-state index is 0.0460. The average Bonchev–Trinajstić information content (AvgIpc) is 2.43. The second-order valence-corrected chi connectivity index (χ2v) is 4.81. The Labute approximate surface area is 118 Å². The van der Waals surface area contributed by atoms with Crippen LogP contribution in [-0.4, -0.2) is 11.6 Å². The highest BCUT2D eigenvalue weighted by molar-refractivity contribution is 6.30. The smallest absolute Gasteiger partial charge is 0.240 e. The van der Waals surface area contributed by atoms with Gasteiger partial charge in [0.05, 0.1) is 0 Å². The molecule has 1 N–H and O–H groups in total. The van der Waals surface area contributed by atoms with Gasteiger partial charge in [-0.2, -0.15) is 5.10 Å². The van der Waals surface area contributed by atoms with E-state index in [0.29, 0.717) is 12.8 Å². The van der Waals surface area contributed by atoms with Crippen molar-refractivity contribution in [3.63, 3.8) is 0 Å². The van der Waals surface area contributed by atoms with Gasteiger partial charge in [0.25, 0.3) is 0 Å². The summed E-state index contributed by atoms with van der Waals surface area (Å²) in [6.45, 7) is 2.10. The van der Waals surface area contributed by atoms with Crippen LogP contribution in [0.15, 0.2) is 29.4 Å². The molecule has 3 nitrogen and oxygen atoms in total. The summed E-state index contributed by atoms with van der Waals surface area (Å²) in [5.74, 6) is 6.39. The zero-order valence-corrected chi connectivity index (χ0v) is 11.5. The van der Waals surface area contributed by atoms with E-state index >= 15 is 0 Å². The van der Waals surface area contributed by atoms with Crippen LogP contribution in [0.3, 0.4) is 0 Å². The fraction of sp³-hybridized carbons (Fsp3) is 0.333. The maximum absolute atomic E-state index is 11.0. The number of hydrogen-bond donors (Lipinski definition) is 1. The van der Waals surface area contributed by atoms with Crippen LogP contribution in [0.25, 0.3) is 0 Å². The van der Waals surface area contributed by atoms with Crippen molar-refractivity contribution in [2.45, 2.75) is 32.1 Å². The molecule has 1 heterocycles. The van der Waals surface area contributed by atoms with E-state index in [1.807, 2.05) is 24.3 Å². The molecule has 1 atom stereocenters. The first kappa shape index (κ1) is 13.6. The average molecular weight is 275 g/mol. The number of nitrogens with one attached hydrogen (secondary N) is 1. The van der Waals surface area contributed by atoms with Crippen LogP contribution in [-0.2, 0) is 4.79 Å². The fourth-order valence-electron chi connectivity index (χ4n) is 1.85. The molecule has 1 unspecified atom stereocenters. The van der Waals surface area contributed by atoms with Gasteiger partial charge in [-0.1, -0.05) is 36.6 Å². The van der Waals surface area contributed by atoms with E-state index in [-0.39, 0.29) is 11.8 Å². The largest absolute Gasteiger partial charge is 0.273 e. The predicted molar refractivity (Wildman–Crippen MR) is 77.1 cm³/mol. The van der Waals surface area contributed by atoms with Crippen molar-refractivity contribution in [3.05, 3.63) is 34.9 Å². The van der Waals surface area contributed by atoms with Gasteiger partial charge in [0.2, 0.25) is 5.91 Å². The molecule has 2 rings (SSSR count). The third-order valence-corrected chi connectivity index (χ3v) is 3.23. The number of carbonyl (C=O) groups excluding carboxylic acids is 1. The van der Waals surface area contributed by atoms with E-state index in [2.05, 4.69) is 29.3 Å². The number of hydrazone groups is 1. The van der Waals surface area contributed by atoms with Crippen molar-refractivity contribution in [1.82, 2.24) is 5.43 Å². The Kier molecular flexibility index (Phi) is 4.59. The monoisotopic (exact) mass is 274 g/mol. The Bertz CT molecular complexity index is 552. The van der Waals surface area contributed by atoms with Crippen molar-refractivity contribution in [2.24, 2.45) is 5.10 Å². The van der Waals surface area contributed by atoms with Gasteiger partial charge in [-0.15, -0.1) is 0 Å². The highest BCUT2D eigenvalue weighted by Crippen LogP contribution is 2.20. The van der Waals surface area contributed by atoms with Crippen LogP contribution >= 0.6 is 11.6 Å². The SMILES string of the molecule is CCC(C#CC1=NNC(=O)CC1)c1ccc(Cl)cc1. The number of nitrogens with zero attached hydrogens (tertiary/aromatic N) is 1. The van der Waals surface area contributed by atoms with Gasteiger partial charge in [0.15, 0.2) is 0 Å². The first-order valence-electron chi connectivity index (χ1n) is 6.31. The van der Waals surface area contributed by atoms with Crippen LogP contribution < -0.4 is 5.43 Å². The van der Waals surface area contributed by atoms with Crippen molar-refractivity contribution in [3.8, 4) is 11.8 Å². The predicted octanol–water partition coefficient (Wildman–Crippen LogP) is 3.10. The molecule has 0 spiro atoms. The zero-order chi connectivity index (χ0) is 13.7. The standard InChI is InChI=1S/C15H15ClN2O/c1-2-11(12-3-6-13(16)7-4-12)5-8-14-9-10-15(19)18-17-14/h3-4,6-7,11H,2,9-10H2,1H3,(H,18,19). The van der Waals surface area contributed by atoms with Crippen LogP contribution in [0.4, 0.5) is 0 Å². The van der Waals surface area contributed by atoms with Crippen LogP contribution in [0.1, 0.15) is 37.7 Å². The lowest BCUT2D eigenvalue weighted by atomic mass is 9.97. The molecule has 1 aromatic carbocycles. The van der Waals surface area contributed by atoms with Gasteiger partial charge in [-0.3, -0.25) is 4.79 Å². The molecule has 0 saturated carbocycles. The first-order valence-corrected chi connectivity index (χ1v) is 6.69. The molecule has 19 heavy (non-hydrogen) atoms. The van der Waals surface area contributed by atoms with Crippen molar-refractivity contribution in [1.29, 1.82) is 0 Å². The molecule has 0 saturated heterocycles. The second-order valence-electron chi connectivity index (χ2n) is 4.38. The summed E-state index contributed by atoms with van der Waals surface area (Å²) >= 11 is 5.88. The van der Waals surface area contributed by atoms with E-state index in [4.69, 9.17) is 11.6 Å². The maximum Gasteiger partial charge on any atom is 0.240 e. The molecule has 1 aliphatic rings. The van der Waals surface area contributed by atoms with Gasteiger partial charge >= 0.3 is 0 Å². The molecular formula is C15H15ClN2O. The molecular weight excluding hydrogens is 260 g/mol. The van der Waals surface area contributed by atoms with E-state index < -0.39 is 0 Å². The lowest BCUT2D eigenvalue weighted by Gasteiger charge is -2.09. The van der Waals surface area contributed by atoms with Gasteiger partial charge in [-0.25, -0.2) is 5.43 Å². The first-order chi connectivity index (χ1) is 9.19. The summed E-state index contributed by atoms with van der Waals surface area (Å²) < 4.78 is 0. The topological polar surface area (TPSA) is 41.5 Å². The number of halogens is 1. The van der Waals surface area contributed by atoms with Gasteiger partial charge in [0, 0.05) is 23.8 Å². The lowest BCUT2D eigenvalue weighted by Crippen LogP contribution is -2.24. The van der Waals surface area contributed by atoms with Crippen LogP contribution in [0, 0.1) is 11.8 Å². The Morgan fingerprint density at radius 3 is 2.68 bits per heavy atom. The number of hydrogen-bond acceptors (Lipinski definition) is 2. The molecule has 1 aromatic rings. The van der Waals surface area contributed by atoms with Gasteiger partial charge in [0.1, 0.15) is 5.71 Å². The summed E-state index contributed by atoms with van der Waals surface area (Å²) in [7, 11) is 0. The van der Waals surface area contributed by atoms with E-state index in [0.717, 1.165) is 22.7 Å². The molecule has 98 valence electrons. The van der Waals surface area contributed by atoms with Crippen molar-refractivity contribution in [2.75, 3.05) is 0 Å². The van der Waals surface area contributed by atoms with Gasteiger partial charge in [-0.05, 0) is 30.0 Å². The normalized spacial score (nSPS) is 15.9. The summed E-state index contributed by atoms with van der Waals surface area (Å²) in [6, 6.07) is 7.74. The molecule has 0 bridgehead atoms. The lowest BCUT2D eigenvalue weighted by molar-refractivity contribution is -0.121. The highest BCUT2D eigenvalue weighted by atomic mass is 35.5. The Balaban J connectivity index is 2.12. The Hall–Kier alpha value is -1.79. The summed E-state index contributed by atoms with van der Waals surface area (Å²) in [5, 5.41) is 4.67. The number of benzene rings is 1. The third-order valence-electron chi connectivity index (χ3n) is 2.98. The second kappa shape index (κ2) is 6.40. The maximum atomic E-state index is 11.0. The summed E-state index contributed by atoms with van der Waals surface area (Å²) in [6.07, 6.45) is 2.01. The quantitative estimate of drug-likeness (QED) is 0.827. The van der Waals surface area contributed by atoms with Crippen molar-refractivity contribution < 1.29 is 4.79 Å². The number of carbonyl (C=O) groups is 1. The van der Waals surface area contributed by atoms with Gasteiger partial charge < -0.3 is 0 Å². The molecule has 0 aromatic heterocycles. The Morgan fingerprint density at radius 2 is 2.11 bits per heavy atom. The van der Waals surface area contributed by atoms with E-state index in [9.17, 15) is 4.79 Å². The van der Waals surface area contributed by atoms with Crippen LogP contribution in [0.2, 0.25) is 5.02 Å². The van der Waals surface area contributed by atoms with E-state index in [1.165, 1.54) is 0 Å². The van der Waals surface area contributed by atoms with Crippen molar-refractivity contribution >= 4 is 23.2 Å². The molecule has 1 amide bonds. The Morgan fingerprint density at radius 1 is 1.37 bits per heavy atom.